The van der Waals surface area contributed by atoms with Crippen LogP contribution in [0.15, 0.2) is 30.3 Å². The molecule has 0 aliphatic carbocycles. The lowest BCUT2D eigenvalue weighted by Gasteiger charge is -2.30. The lowest BCUT2D eigenvalue weighted by molar-refractivity contribution is -0.138. The number of benzene rings is 2. The maximum atomic E-state index is 14.2. The molecule has 3 rings (SSSR count). The van der Waals surface area contributed by atoms with E-state index >= 15 is 0 Å². The number of hydrogen-bond acceptors (Lipinski definition) is 4. The van der Waals surface area contributed by atoms with E-state index in [0.717, 1.165) is 4.90 Å². The first kappa shape index (κ1) is 22.3. The van der Waals surface area contributed by atoms with Gasteiger partial charge in [-0.2, -0.15) is 18.0 Å². The third-order valence-electron chi connectivity index (χ3n) is 4.38. The molecule has 0 saturated carbocycles. The molecular formula is C19H12ClF4N3O4. The SMILES string of the molecule is CC(=[N+]=[N-])C(=O)C1Oc2cc(Oc3c(F)cc(C(F)(F)F)cc3Cl)ccc2N(C)C1=O. The maximum Gasteiger partial charge on any atom is 0.416 e. The number of carbonyl (C=O) groups excluding carboxylic acids is 2. The summed E-state index contributed by atoms with van der Waals surface area (Å²) < 4.78 is 63.3. The molecule has 0 saturated heterocycles. The Balaban J connectivity index is 1.95. The Morgan fingerprint density at radius 3 is 2.55 bits per heavy atom. The quantitative estimate of drug-likeness (QED) is 0.225. The summed E-state index contributed by atoms with van der Waals surface area (Å²) in [7, 11) is 1.38. The van der Waals surface area contributed by atoms with Crippen molar-refractivity contribution in [3.8, 4) is 17.2 Å². The molecule has 162 valence electrons. The topological polar surface area (TPSA) is 92.2 Å². The van der Waals surface area contributed by atoms with E-state index in [-0.39, 0.29) is 29.0 Å². The fourth-order valence-electron chi connectivity index (χ4n) is 2.74. The van der Waals surface area contributed by atoms with Crippen LogP contribution in [-0.4, -0.2) is 35.3 Å². The van der Waals surface area contributed by atoms with Gasteiger partial charge in [-0.25, -0.2) is 4.39 Å². The van der Waals surface area contributed by atoms with Gasteiger partial charge in [-0.05, 0) is 24.3 Å². The molecule has 2 aromatic rings. The van der Waals surface area contributed by atoms with Gasteiger partial charge in [-0.3, -0.25) is 9.59 Å². The zero-order valence-electron chi connectivity index (χ0n) is 15.8. The molecule has 1 aliphatic rings. The van der Waals surface area contributed by atoms with Crippen molar-refractivity contribution < 1.29 is 41.4 Å². The Kier molecular flexibility index (Phi) is 5.75. The van der Waals surface area contributed by atoms with Crippen molar-refractivity contribution in [3.05, 3.63) is 52.3 Å². The van der Waals surface area contributed by atoms with Crippen molar-refractivity contribution in [3.63, 3.8) is 0 Å². The van der Waals surface area contributed by atoms with Crippen LogP contribution in [0.3, 0.4) is 0 Å². The van der Waals surface area contributed by atoms with Gasteiger partial charge >= 0.3 is 11.9 Å². The van der Waals surface area contributed by atoms with Crippen molar-refractivity contribution in [1.82, 2.24) is 0 Å². The van der Waals surface area contributed by atoms with Gasteiger partial charge in [0.1, 0.15) is 11.5 Å². The molecule has 0 spiro atoms. The molecule has 1 amide bonds. The number of fused-ring (bicyclic) bond motifs is 1. The van der Waals surface area contributed by atoms with Crippen LogP contribution in [-0.2, 0) is 15.8 Å². The number of Topliss-reactive ketones (excluding diaryl/α,β-unsaturated/α-hetero) is 1. The van der Waals surface area contributed by atoms with Crippen LogP contribution < -0.4 is 14.4 Å². The second-order valence-electron chi connectivity index (χ2n) is 6.44. The summed E-state index contributed by atoms with van der Waals surface area (Å²) in [6.07, 6.45) is -6.42. The van der Waals surface area contributed by atoms with E-state index in [9.17, 15) is 27.2 Å². The van der Waals surface area contributed by atoms with Crippen molar-refractivity contribution in [1.29, 1.82) is 0 Å². The van der Waals surface area contributed by atoms with Gasteiger partial charge in [0.25, 0.3) is 11.7 Å². The molecule has 1 unspecified atom stereocenters. The molecule has 31 heavy (non-hydrogen) atoms. The summed E-state index contributed by atoms with van der Waals surface area (Å²) in [5, 5.41) is -0.610. The lowest BCUT2D eigenvalue weighted by atomic mass is 10.1. The predicted octanol–water partition coefficient (Wildman–Crippen LogP) is 4.27. The highest BCUT2D eigenvalue weighted by Gasteiger charge is 2.41. The number of anilines is 1. The van der Waals surface area contributed by atoms with Crippen LogP contribution in [0, 0.1) is 5.82 Å². The van der Waals surface area contributed by atoms with Crippen molar-refractivity contribution in [2.24, 2.45) is 0 Å². The minimum absolute atomic E-state index is 0.00729. The van der Waals surface area contributed by atoms with Crippen LogP contribution in [0.5, 0.6) is 17.2 Å². The highest BCUT2D eigenvalue weighted by Crippen LogP contribution is 2.41. The average molecular weight is 458 g/mol. The first-order valence-corrected chi connectivity index (χ1v) is 8.87. The Labute approximate surface area is 177 Å². The average Bonchev–Trinajstić information content (AvgIpc) is 2.71. The Bertz CT molecular complexity index is 1120. The second-order valence-corrected chi connectivity index (χ2v) is 6.85. The largest absolute Gasteiger partial charge is 0.470 e. The van der Waals surface area contributed by atoms with Crippen LogP contribution in [0.4, 0.5) is 23.2 Å². The molecule has 1 atom stereocenters. The van der Waals surface area contributed by atoms with Gasteiger partial charge in [0.2, 0.25) is 6.10 Å². The minimum Gasteiger partial charge on any atom is -0.470 e. The number of carbonyl (C=O) groups is 2. The summed E-state index contributed by atoms with van der Waals surface area (Å²) in [5.74, 6) is -3.67. The van der Waals surface area contributed by atoms with E-state index in [2.05, 4.69) is 4.79 Å². The molecule has 0 aromatic heterocycles. The molecular weight excluding hydrogens is 446 g/mol. The molecule has 2 aromatic carbocycles. The Morgan fingerprint density at radius 2 is 1.97 bits per heavy atom. The minimum atomic E-state index is -4.79. The van der Waals surface area contributed by atoms with E-state index < -0.39 is 46.1 Å². The molecule has 1 aliphatic heterocycles. The monoisotopic (exact) mass is 457 g/mol. The van der Waals surface area contributed by atoms with Crippen molar-refractivity contribution in [2.45, 2.75) is 19.2 Å². The van der Waals surface area contributed by atoms with Gasteiger partial charge in [0.05, 0.1) is 16.3 Å². The molecule has 1 heterocycles. The number of hydrogen-bond donors (Lipinski definition) is 0. The smallest absolute Gasteiger partial charge is 0.416 e. The first-order valence-electron chi connectivity index (χ1n) is 8.49. The van der Waals surface area contributed by atoms with E-state index in [1.54, 1.807) is 0 Å². The summed E-state index contributed by atoms with van der Waals surface area (Å²) in [6.45, 7) is 1.18. The fourth-order valence-corrected chi connectivity index (χ4v) is 2.99. The normalized spacial score (nSPS) is 15.6. The molecule has 12 heteroatoms. The number of amides is 1. The summed E-state index contributed by atoms with van der Waals surface area (Å²) in [4.78, 5) is 28.5. The predicted molar refractivity (Wildman–Crippen MR) is 100 cm³/mol. The van der Waals surface area contributed by atoms with E-state index in [1.807, 2.05) is 0 Å². The number of halogens is 5. The second kappa shape index (κ2) is 8.01. The number of likely N-dealkylation sites (N-methyl/N-ethyl adjacent to an activating group) is 1. The van der Waals surface area contributed by atoms with E-state index in [4.69, 9.17) is 26.6 Å². The molecule has 0 N–H and O–H groups in total. The third kappa shape index (κ3) is 4.23. The highest BCUT2D eigenvalue weighted by molar-refractivity contribution is 6.43. The molecule has 7 nitrogen and oxygen atoms in total. The number of nitrogens with zero attached hydrogens (tertiary/aromatic N) is 3. The maximum absolute atomic E-state index is 14.2. The zero-order valence-corrected chi connectivity index (χ0v) is 16.6. The van der Waals surface area contributed by atoms with E-state index in [1.165, 1.54) is 32.2 Å². The van der Waals surface area contributed by atoms with Gasteiger partial charge in [0, 0.05) is 20.0 Å². The molecule has 0 radical (unpaired) electrons. The zero-order chi connectivity index (χ0) is 23.1. The van der Waals surface area contributed by atoms with Gasteiger partial charge in [0.15, 0.2) is 11.6 Å². The van der Waals surface area contributed by atoms with Crippen molar-refractivity contribution >= 4 is 34.7 Å². The lowest BCUT2D eigenvalue weighted by Crippen LogP contribution is -2.50. The van der Waals surface area contributed by atoms with Gasteiger partial charge in [-0.15, -0.1) is 0 Å². The van der Waals surface area contributed by atoms with Gasteiger partial charge < -0.3 is 19.9 Å². The Morgan fingerprint density at radius 1 is 1.29 bits per heavy atom. The fraction of sp³-hybridized carbons (Fsp3) is 0.211. The number of ether oxygens (including phenoxy) is 2. The Hall–Kier alpha value is -3.43. The summed E-state index contributed by atoms with van der Waals surface area (Å²) >= 11 is 5.76. The van der Waals surface area contributed by atoms with E-state index in [0.29, 0.717) is 6.07 Å². The summed E-state index contributed by atoms with van der Waals surface area (Å²) in [6, 6.07) is 4.65. The summed E-state index contributed by atoms with van der Waals surface area (Å²) in [5.41, 5.74) is 7.37. The van der Waals surface area contributed by atoms with Gasteiger partial charge in [-0.1, -0.05) is 11.6 Å². The third-order valence-corrected chi connectivity index (χ3v) is 4.66. The number of rotatable bonds is 4. The van der Waals surface area contributed by atoms with Crippen LogP contribution in [0.25, 0.3) is 5.53 Å². The van der Waals surface area contributed by atoms with Crippen molar-refractivity contribution in [2.75, 3.05) is 11.9 Å². The van der Waals surface area contributed by atoms with Crippen LogP contribution >= 0.6 is 11.6 Å². The standard InChI is InChI=1S/C19H12ClF4N3O4/c1-8(26-25)15(28)17-18(29)27(2)13-4-3-10(7-14(13)31-17)30-16-11(20)5-9(6-12(16)21)19(22,23)24/h3-7,17H,1-2H3. The van der Waals surface area contributed by atoms with Crippen LogP contribution in [0.2, 0.25) is 5.02 Å². The first-order chi connectivity index (χ1) is 14.4. The number of alkyl halides is 3. The highest BCUT2D eigenvalue weighted by atomic mass is 35.5. The van der Waals surface area contributed by atoms with Crippen LogP contribution in [0.1, 0.15) is 12.5 Å². The number of ketones is 1. The molecule has 0 bridgehead atoms. The molecule has 0 fully saturated rings.